The molecule has 1 aromatic heterocycles. The van der Waals surface area contributed by atoms with Crippen LogP contribution >= 0.6 is 12.4 Å². The first-order valence-electron chi connectivity index (χ1n) is 6.31. The molecule has 3 nitrogen and oxygen atoms in total. The Morgan fingerprint density at radius 3 is 2.59 bits per heavy atom. The van der Waals surface area contributed by atoms with Gasteiger partial charge in [0.25, 0.3) is 0 Å². The first-order valence-corrected chi connectivity index (χ1v) is 6.31. The molecule has 0 spiro atoms. The molecule has 1 heterocycles. The summed E-state index contributed by atoms with van der Waals surface area (Å²) >= 11 is 0. The summed E-state index contributed by atoms with van der Waals surface area (Å²) in [7, 11) is 0. The first kappa shape index (κ1) is 16.5. The van der Waals surface area contributed by atoms with Crippen molar-refractivity contribution in [1.29, 1.82) is 0 Å². The molecule has 1 N–H and O–H groups in total. The molecule has 4 heteroatoms. The largest absolute Gasteiger partial charge is 0.472 e. The van der Waals surface area contributed by atoms with Crippen molar-refractivity contribution in [3.63, 3.8) is 0 Å². The summed E-state index contributed by atoms with van der Waals surface area (Å²) in [5.74, 6) is 0. The zero-order valence-electron chi connectivity index (χ0n) is 10.9. The molecule has 0 bridgehead atoms. The van der Waals surface area contributed by atoms with Gasteiger partial charge in [-0.1, -0.05) is 13.8 Å². The van der Waals surface area contributed by atoms with Gasteiger partial charge in [0, 0.05) is 12.1 Å². The highest BCUT2D eigenvalue weighted by atomic mass is 35.5. The van der Waals surface area contributed by atoms with Crippen LogP contribution in [0.1, 0.15) is 32.3 Å². The maximum Gasteiger partial charge on any atom is 0.0947 e. The van der Waals surface area contributed by atoms with Gasteiger partial charge < -0.3 is 14.6 Å². The molecule has 0 aromatic carbocycles. The van der Waals surface area contributed by atoms with Crippen molar-refractivity contribution in [3.8, 4) is 0 Å². The third kappa shape index (κ3) is 7.42. The van der Waals surface area contributed by atoms with E-state index in [1.54, 1.807) is 12.5 Å². The normalized spacial score (nSPS) is 10.5. The topological polar surface area (TPSA) is 28.4 Å². The standard InChI is InChI=1S/C13H24N2O.ClH/c1-3-15(4-2)9-6-5-8-14-11-13-7-10-16-12-13;/h7,10,12,14H,3-6,8-9,11H2,1-2H3;1H. The van der Waals surface area contributed by atoms with Crippen LogP contribution in [0.3, 0.4) is 0 Å². The predicted octanol–water partition coefficient (Wildman–Crippen LogP) is 2.91. The van der Waals surface area contributed by atoms with Gasteiger partial charge in [-0.25, -0.2) is 0 Å². The van der Waals surface area contributed by atoms with Crippen molar-refractivity contribution in [3.05, 3.63) is 24.2 Å². The highest BCUT2D eigenvalue weighted by Gasteiger charge is 1.98. The lowest BCUT2D eigenvalue weighted by Gasteiger charge is -2.17. The van der Waals surface area contributed by atoms with Gasteiger partial charge in [0.2, 0.25) is 0 Å². The second-order valence-electron chi connectivity index (χ2n) is 4.04. The monoisotopic (exact) mass is 260 g/mol. The van der Waals surface area contributed by atoms with E-state index in [1.165, 1.54) is 38.0 Å². The number of furan rings is 1. The molecule has 0 unspecified atom stereocenters. The van der Waals surface area contributed by atoms with Gasteiger partial charge >= 0.3 is 0 Å². The van der Waals surface area contributed by atoms with Crippen LogP contribution in [0.2, 0.25) is 0 Å². The third-order valence-electron chi connectivity index (χ3n) is 2.88. The lowest BCUT2D eigenvalue weighted by Crippen LogP contribution is -2.25. The first-order chi connectivity index (χ1) is 7.86. The van der Waals surface area contributed by atoms with Crippen LogP contribution in [0.25, 0.3) is 0 Å². The Morgan fingerprint density at radius 2 is 2.00 bits per heavy atom. The summed E-state index contributed by atoms with van der Waals surface area (Å²) in [4.78, 5) is 2.47. The van der Waals surface area contributed by atoms with Crippen LogP contribution in [0, 0.1) is 0 Å². The lowest BCUT2D eigenvalue weighted by molar-refractivity contribution is 0.296. The quantitative estimate of drug-likeness (QED) is 0.692. The van der Waals surface area contributed by atoms with E-state index in [0.29, 0.717) is 0 Å². The summed E-state index contributed by atoms with van der Waals surface area (Å²) in [6.45, 7) is 10.0. The molecule has 100 valence electrons. The molecule has 0 radical (unpaired) electrons. The van der Waals surface area contributed by atoms with Crippen LogP contribution in [-0.4, -0.2) is 31.1 Å². The molecule has 0 aliphatic rings. The van der Waals surface area contributed by atoms with Gasteiger partial charge in [0.1, 0.15) is 0 Å². The number of hydrogen-bond donors (Lipinski definition) is 1. The van der Waals surface area contributed by atoms with E-state index in [2.05, 4.69) is 24.1 Å². The SMILES string of the molecule is CCN(CC)CCCCNCc1ccoc1.Cl. The number of unbranched alkanes of at least 4 members (excludes halogenated alkanes) is 1. The van der Waals surface area contributed by atoms with Gasteiger partial charge in [-0.05, 0) is 45.1 Å². The minimum absolute atomic E-state index is 0. The smallest absolute Gasteiger partial charge is 0.0947 e. The van der Waals surface area contributed by atoms with Crippen molar-refractivity contribution in [2.75, 3.05) is 26.2 Å². The number of nitrogens with zero attached hydrogens (tertiary/aromatic N) is 1. The molecule has 1 rings (SSSR count). The number of nitrogens with one attached hydrogen (secondary N) is 1. The Bertz CT molecular complexity index is 248. The fraction of sp³-hybridized carbons (Fsp3) is 0.692. The van der Waals surface area contributed by atoms with Gasteiger partial charge in [0.15, 0.2) is 0 Å². The second kappa shape index (κ2) is 10.6. The summed E-state index contributed by atoms with van der Waals surface area (Å²) < 4.78 is 5.01. The summed E-state index contributed by atoms with van der Waals surface area (Å²) in [6, 6.07) is 2.00. The molecule has 0 saturated heterocycles. The fourth-order valence-corrected chi connectivity index (χ4v) is 1.75. The molecule has 1 aromatic rings. The Balaban J connectivity index is 0.00000256. The molecule has 0 atom stereocenters. The molecular formula is C13H25ClN2O. The highest BCUT2D eigenvalue weighted by molar-refractivity contribution is 5.85. The second-order valence-corrected chi connectivity index (χ2v) is 4.04. The molecule has 0 amide bonds. The highest BCUT2D eigenvalue weighted by Crippen LogP contribution is 1.99. The molecule has 0 aliphatic heterocycles. The molecular weight excluding hydrogens is 236 g/mol. The van der Waals surface area contributed by atoms with Gasteiger partial charge in [0.05, 0.1) is 12.5 Å². The molecule has 0 aliphatic carbocycles. The van der Waals surface area contributed by atoms with Crippen LogP contribution in [-0.2, 0) is 6.54 Å². The van der Waals surface area contributed by atoms with E-state index in [9.17, 15) is 0 Å². The van der Waals surface area contributed by atoms with Crippen LogP contribution in [0.4, 0.5) is 0 Å². The molecule has 0 fully saturated rings. The summed E-state index contributed by atoms with van der Waals surface area (Å²) in [6.07, 6.45) is 6.04. The summed E-state index contributed by atoms with van der Waals surface area (Å²) in [5.41, 5.74) is 1.23. The van der Waals surface area contributed by atoms with Crippen LogP contribution in [0.15, 0.2) is 23.0 Å². The summed E-state index contributed by atoms with van der Waals surface area (Å²) in [5, 5.41) is 3.42. The van der Waals surface area contributed by atoms with Crippen LogP contribution < -0.4 is 5.32 Å². The van der Waals surface area contributed by atoms with Crippen molar-refractivity contribution in [1.82, 2.24) is 10.2 Å². The van der Waals surface area contributed by atoms with Crippen molar-refractivity contribution < 1.29 is 4.42 Å². The minimum atomic E-state index is 0. The van der Waals surface area contributed by atoms with E-state index in [-0.39, 0.29) is 12.4 Å². The fourth-order valence-electron chi connectivity index (χ4n) is 1.75. The Morgan fingerprint density at radius 1 is 1.24 bits per heavy atom. The number of hydrogen-bond acceptors (Lipinski definition) is 3. The van der Waals surface area contributed by atoms with E-state index >= 15 is 0 Å². The maximum atomic E-state index is 5.01. The van der Waals surface area contributed by atoms with Gasteiger partial charge in [-0.3, -0.25) is 0 Å². The van der Waals surface area contributed by atoms with Gasteiger partial charge in [-0.15, -0.1) is 12.4 Å². The predicted molar refractivity (Wildman–Crippen MR) is 74.7 cm³/mol. The average molecular weight is 261 g/mol. The van der Waals surface area contributed by atoms with E-state index in [4.69, 9.17) is 4.42 Å². The number of halogens is 1. The van der Waals surface area contributed by atoms with E-state index in [1.807, 2.05) is 6.07 Å². The Kier molecular flexibility index (Phi) is 10.3. The van der Waals surface area contributed by atoms with Gasteiger partial charge in [-0.2, -0.15) is 0 Å². The van der Waals surface area contributed by atoms with E-state index < -0.39 is 0 Å². The zero-order chi connectivity index (χ0) is 11.6. The minimum Gasteiger partial charge on any atom is -0.472 e. The zero-order valence-corrected chi connectivity index (χ0v) is 11.8. The average Bonchev–Trinajstić information content (AvgIpc) is 2.81. The lowest BCUT2D eigenvalue weighted by atomic mass is 10.2. The van der Waals surface area contributed by atoms with Crippen molar-refractivity contribution in [2.24, 2.45) is 0 Å². The van der Waals surface area contributed by atoms with Crippen LogP contribution in [0.5, 0.6) is 0 Å². The maximum absolute atomic E-state index is 5.01. The number of rotatable bonds is 9. The van der Waals surface area contributed by atoms with Crippen molar-refractivity contribution >= 4 is 12.4 Å². The Labute approximate surface area is 111 Å². The molecule has 17 heavy (non-hydrogen) atoms. The van der Waals surface area contributed by atoms with E-state index in [0.717, 1.165) is 13.1 Å². The Hall–Kier alpha value is -0.510. The van der Waals surface area contributed by atoms with Crippen molar-refractivity contribution in [2.45, 2.75) is 33.2 Å². The third-order valence-corrected chi connectivity index (χ3v) is 2.88. The molecule has 0 saturated carbocycles.